The molecular weight excluding hydrogens is 320 g/mol. The molecule has 1 heterocycles. The molecule has 0 bridgehead atoms. The molecule has 0 aliphatic rings. The Morgan fingerprint density at radius 3 is 2.84 bits per heavy atom. The summed E-state index contributed by atoms with van der Waals surface area (Å²) in [6.45, 7) is 7.31. The van der Waals surface area contributed by atoms with E-state index in [1.54, 1.807) is 25.5 Å². The van der Waals surface area contributed by atoms with Crippen molar-refractivity contribution in [1.29, 1.82) is 0 Å². The number of carbonyl (C=O) groups excluding carboxylic acids is 1. The van der Waals surface area contributed by atoms with E-state index in [2.05, 4.69) is 23.8 Å². The molecule has 138 valence electrons. The molecule has 0 spiro atoms. The molecule has 1 amide bonds. The number of aryl methyl sites for hydroxylation is 1. The summed E-state index contributed by atoms with van der Waals surface area (Å²) in [5, 5.41) is 11.8. The SMILES string of the molecule is C=Cn1c(C=CC=CC(=O)NO)nc(CCCCC)c1NCCOC. The van der Waals surface area contributed by atoms with Gasteiger partial charge in [0.1, 0.15) is 11.6 Å². The fourth-order valence-corrected chi connectivity index (χ4v) is 2.30. The van der Waals surface area contributed by atoms with Gasteiger partial charge in [-0.1, -0.05) is 38.5 Å². The van der Waals surface area contributed by atoms with Crippen LogP contribution in [-0.2, 0) is 16.0 Å². The summed E-state index contributed by atoms with van der Waals surface area (Å²) in [6, 6.07) is 0. The Morgan fingerprint density at radius 1 is 1.40 bits per heavy atom. The number of imidazole rings is 1. The lowest BCUT2D eigenvalue weighted by molar-refractivity contribution is -0.124. The summed E-state index contributed by atoms with van der Waals surface area (Å²) in [7, 11) is 1.66. The van der Waals surface area contributed by atoms with E-state index in [0.717, 1.165) is 43.0 Å². The third kappa shape index (κ3) is 6.94. The van der Waals surface area contributed by atoms with Crippen molar-refractivity contribution in [1.82, 2.24) is 15.0 Å². The summed E-state index contributed by atoms with van der Waals surface area (Å²) in [5.74, 6) is 1.05. The lowest BCUT2D eigenvalue weighted by Crippen LogP contribution is -2.14. The summed E-state index contributed by atoms with van der Waals surface area (Å²) in [4.78, 5) is 15.6. The molecular formula is C18H28N4O3. The molecule has 0 saturated carbocycles. The predicted molar refractivity (Wildman–Crippen MR) is 100 cm³/mol. The molecule has 1 aromatic heterocycles. The predicted octanol–water partition coefficient (Wildman–Crippen LogP) is 2.85. The Hall–Kier alpha value is -2.38. The van der Waals surface area contributed by atoms with E-state index in [9.17, 15) is 4.79 Å². The van der Waals surface area contributed by atoms with Gasteiger partial charge in [-0.05, 0) is 18.9 Å². The number of unbranched alkanes of at least 4 members (excludes halogenated alkanes) is 2. The average Bonchev–Trinajstić information content (AvgIpc) is 2.95. The van der Waals surface area contributed by atoms with Gasteiger partial charge in [-0.15, -0.1) is 0 Å². The molecule has 7 nitrogen and oxygen atoms in total. The van der Waals surface area contributed by atoms with E-state index in [1.807, 2.05) is 4.57 Å². The van der Waals surface area contributed by atoms with Gasteiger partial charge >= 0.3 is 0 Å². The quantitative estimate of drug-likeness (QED) is 0.178. The summed E-state index contributed by atoms with van der Waals surface area (Å²) < 4.78 is 6.98. The van der Waals surface area contributed by atoms with E-state index in [1.165, 1.54) is 17.6 Å². The number of allylic oxidation sites excluding steroid dienone is 2. The molecule has 0 aliphatic carbocycles. The van der Waals surface area contributed by atoms with E-state index >= 15 is 0 Å². The topological polar surface area (TPSA) is 88.4 Å². The minimum Gasteiger partial charge on any atom is -0.383 e. The third-order valence-corrected chi connectivity index (χ3v) is 3.52. The van der Waals surface area contributed by atoms with Crippen molar-refractivity contribution in [3.8, 4) is 0 Å². The van der Waals surface area contributed by atoms with Gasteiger partial charge in [0.15, 0.2) is 0 Å². The highest BCUT2D eigenvalue weighted by atomic mass is 16.5. The number of hydrogen-bond donors (Lipinski definition) is 3. The van der Waals surface area contributed by atoms with Crippen LogP contribution in [0.4, 0.5) is 5.82 Å². The number of ether oxygens (including phenoxy) is 1. The van der Waals surface area contributed by atoms with Gasteiger partial charge in [0.25, 0.3) is 5.91 Å². The van der Waals surface area contributed by atoms with Crippen molar-refractivity contribution in [3.63, 3.8) is 0 Å². The molecule has 0 aromatic carbocycles. The minimum atomic E-state index is -0.584. The number of rotatable bonds is 12. The Balaban J connectivity index is 2.99. The Morgan fingerprint density at radius 2 is 2.20 bits per heavy atom. The zero-order valence-corrected chi connectivity index (χ0v) is 15.0. The Bertz CT molecular complexity index is 606. The third-order valence-electron chi connectivity index (χ3n) is 3.52. The lowest BCUT2D eigenvalue weighted by Gasteiger charge is -2.10. The molecule has 0 radical (unpaired) electrons. The monoisotopic (exact) mass is 348 g/mol. The second-order valence-corrected chi connectivity index (χ2v) is 5.39. The maximum absolute atomic E-state index is 11.0. The van der Waals surface area contributed by atoms with Gasteiger partial charge in [-0.25, -0.2) is 10.5 Å². The number of methoxy groups -OCH3 is 1. The molecule has 1 rings (SSSR count). The van der Waals surface area contributed by atoms with Crippen LogP contribution in [0.1, 0.15) is 37.7 Å². The second kappa shape index (κ2) is 12.0. The maximum atomic E-state index is 11.0. The second-order valence-electron chi connectivity index (χ2n) is 5.39. The molecule has 0 atom stereocenters. The fraction of sp³-hybridized carbons (Fsp3) is 0.444. The normalized spacial score (nSPS) is 11.3. The first-order valence-corrected chi connectivity index (χ1v) is 8.43. The number of carbonyl (C=O) groups is 1. The number of anilines is 1. The van der Waals surface area contributed by atoms with Gasteiger partial charge < -0.3 is 10.1 Å². The van der Waals surface area contributed by atoms with E-state index in [-0.39, 0.29) is 0 Å². The number of aromatic nitrogens is 2. The van der Waals surface area contributed by atoms with Crippen LogP contribution < -0.4 is 10.8 Å². The standard InChI is InChI=1S/C18H28N4O3/c1-4-6-7-10-15-18(19-13-14-25-3)22(5-2)16(20-15)11-8-9-12-17(23)21-24/h5,8-9,11-12,19,24H,2,4,6-7,10,13-14H2,1,3H3,(H,21,23). The number of hydroxylamine groups is 1. The van der Waals surface area contributed by atoms with Crippen molar-refractivity contribution in [2.75, 3.05) is 25.6 Å². The number of hydrogen-bond acceptors (Lipinski definition) is 5. The van der Waals surface area contributed by atoms with Crippen LogP contribution in [0, 0.1) is 0 Å². The smallest absolute Gasteiger partial charge is 0.267 e. The van der Waals surface area contributed by atoms with Gasteiger partial charge in [-0.2, -0.15) is 0 Å². The van der Waals surface area contributed by atoms with Crippen molar-refractivity contribution >= 4 is 24.0 Å². The Kier molecular flexibility index (Phi) is 9.96. The highest BCUT2D eigenvalue weighted by Crippen LogP contribution is 2.22. The highest BCUT2D eigenvalue weighted by molar-refractivity contribution is 5.86. The van der Waals surface area contributed by atoms with Gasteiger partial charge in [-0.3, -0.25) is 14.6 Å². The van der Waals surface area contributed by atoms with Crippen LogP contribution in [-0.4, -0.2) is 40.9 Å². The zero-order chi connectivity index (χ0) is 18.5. The van der Waals surface area contributed by atoms with Gasteiger partial charge in [0, 0.05) is 25.9 Å². The van der Waals surface area contributed by atoms with Crippen LogP contribution >= 0.6 is 0 Å². The minimum absolute atomic E-state index is 0.584. The number of nitrogens with zero attached hydrogens (tertiary/aromatic N) is 2. The van der Waals surface area contributed by atoms with Crippen LogP contribution in [0.2, 0.25) is 0 Å². The molecule has 1 aromatic rings. The van der Waals surface area contributed by atoms with Crippen LogP contribution in [0.5, 0.6) is 0 Å². The summed E-state index contributed by atoms with van der Waals surface area (Å²) >= 11 is 0. The molecule has 0 saturated heterocycles. The Labute approximate surface area is 149 Å². The average molecular weight is 348 g/mol. The van der Waals surface area contributed by atoms with Crippen LogP contribution in [0.15, 0.2) is 24.8 Å². The fourth-order valence-electron chi connectivity index (χ4n) is 2.30. The highest BCUT2D eigenvalue weighted by Gasteiger charge is 2.13. The maximum Gasteiger partial charge on any atom is 0.267 e. The number of amides is 1. The van der Waals surface area contributed by atoms with Gasteiger partial charge in [0.05, 0.1) is 12.3 Å². The molecule has 7 heteroatoms. The molecule has 0 unspecified atom stereocenters. The van der Waals surface area contributed by atoms with Crippen molar-refractivity contribution in [3.05, 3.63) is 36.3 Å². The molecule has 25 heavy (non-hydrogen) atoms. The first kappa shape index (κ1) is 20.7. The molecule has 0 aliphatic heterocycles. The number of nitrogens with one attached hydrogen (secondary N) is 2. The first-order valence-electron chi connectivity index (χ1n) is 8.43. The first-order chi connectivity index (χ1) is 12.2. The van der Waals surface area contributed by atoms with E-state index < -0.39 is 5.91 Å². The summed E-state index contributed by atoms with van der Waals surface area (Å²) in [5.41, 5.74) is 2.53. The summed E-state index contributed by atoms with van der Waals surface area (Å²) in [6.07, 6.45) is 12.2. The van der Waals surface area contributed by atoms with Crippen molar-refractivity contribution in [2.45, 2.75) is 32.6 Å². The van der Waals surface area contributed by atoms with Crippen molar-refractivity contribution < 1.29 is 14.7 Å². The van der Waals surface area contributed by atoms with E-state index in [0.29, 0.717) is 13.2 Å². The lowest BCUT2D eigenvalue weighted by atomic mass is 10.1. The molecule has 0 fully saturated rings. The zero-order valence-electron chi connectivity index (χ0n) is 15.0. The van der Waals surface area contributed by atoms with Crippen LogP contribution in [0.25, 0.3) is 12.3 Å². The molecule has 3 N–H and O–H groups in total. The van der Waals surface area contributed by atoms with Crippen LogP contribution in [0.3, 0.4) is 0 Å². The largest absolute Gasteiger partial charge is 0.383 e. The van der Waals surface area contributed by atoms with Gasteiger partial charge in [0.2, 0.25) is 0 Å². The van der Waals surface area contributed by atoms with E-state index in [4.69, 9.17) is 9.94 Å². The van der Waals surface area contributed by atoms with Crippen molar-refractivity contribution in [2.24, 2.45) is 0 Å².